The van der Waals surface area contributed by atoms with Gasteiger partial charge in [-0.1, -0.05) is 17.7 Å². The molecule has 0 saturated carbocycles. The fourth-order valence-corrected chi connectivity index (χ4v) is 1.47. The van der Waals surface area contributed by atoms with E-state index in [1.807, 2.05) is 19.1 Å². The number of rotatable bonds is 2. The summed E-state index contributed by atoms with van der Waals surface area (Å²) in [6.45, 7) is 3.92. The van der Waals surface area contributed by atoms with E-state index in [1.54, 1.807) is 13.0 Å². The van der Waals surface area contributed by atoms with Crippen LogP contribution in [-0.4, -0.2) is 17.8 Å². The molecule has 0 aliphatic rings. The third kappa shape index (κ3) is 4.58. The van der Waals surface area contributed by atoms with Gasteiger partial charge in [0.15, 0.2) is 5.11 Å². The highest BCUT2D eigenvalue weighted by Crippen LogP contribution is 2.19. The van der Waals surface area contributed by atoms with Crippen LogP contribution in [0.15, 0.2) is 18.2 Å². The molecule has 1 amide bonds. The molecule has 17 heavy (non-hydrogen) atoms. The number of aryl methyl sites for hydroxylation is 1. The first-order valence-electron chi connectivity index (χ1n) is 5.04. The van der Waals surface area contributed by atoms with Gasteiger partial charge in [-0.05, 0) is 43.8 Å². The van der Waals surface area contributed by atoms with Crippen LogP contribution in [0.3, 0.4) is 0 Å². The summed E-state index contributed by atoms with van der Waals surface area (Å²) in [5.41, 5.74) is 1.68. The van der Waals surface area contributed by atoms with E-state index < -0.39 is 6.09 Å². The van der Waals surface area contributed by atoms with E-state index in [-0.39, 0.29) is 5.11 Å². The lowest BCUT2D eigenvalue weighted by Crippen LogP contribution is -2.34. The summed E-state index contributed by atoms with van der Waals surface area (Å²) >= 11 is 10.9. The molecule has 0 aliphatic carbocycles. The highest BCUT2D eigenvalue weighted by molar-refractivity contribution is 7.80. The quantitative estimate of drug-likeness (QED) is 0.813. The zero-order valence-electron chi connectivity index (χ0n) is 9.54. The number of carbonyl (C=O) groups excluding carboxylic acids is 1. The van der Waals surface area contributed by atoms with Crippen molar-refractivity contribution in [3.8, 4) is 0 Å². The fraction of sp³-hybridized carbons (Fsp3) is 0.273. The molecule has 1 rings (SSSR count). The van der Waals surface area contributed by atoms with Crippen molar-refractivity contribution in [3.63, 3.8) is 0 Å². The average Bonchev–Trinajstić information content (AvgIpc) is 2.23. The molecule has 6 heteroatoms. The molecular weight excluding hydrogens is 260 g/mol. The highest BCUT2D eigenvalue weighted by atomic mass is 35.5. The number of amides is 1. The van der Waals surface area contributed by atoms with E-state index in [0.717, 1.165) is 5.56 Å². The fourth-order valence-electron chi connectivity index (χ4n) is 1.09. The third-order valence-electron chi connectivity index (χ3n) is 1.92. The van der Waals surface area contributed by atoms with Crippen molar-refractivity contribution in [2.75, 3.05) is 11.9 Å². The SMILES string of the molecule is CCOC(=O)NC(=S)Nc1ccc(C)c(Cl)c1. The molecule has 0 aromatic heterocycles. The molecule has 0 saturated heterocycles. The molecular formula is C11H13ClN2O2S. The molecule has 1 aromatic carbocycles. The monoisotopic (exact) mass is 272 g/mol. The van der Waals surface area contributed by atoms with Crippen molar-refractivity contribution in [2.24, 2.45) is 0 Å². The number of alkyl carbamates (subject to hydrolysis) is 1. The maximum Gasteiger partial charge on any atom is 0.413 e. The summed E-state index contributed by atoms with van der Waals surface area (Å²) in [6, 6.07) is 5.41. The summed E-state index contributed by atoms with van der Waals surface area (Å²) in [6.07, 6.45) is -0.580. The van der Waals surface area contributed by atoms with Crippen molar-refractivity contribution in [2.45, 2.75) is 13.8 Å². The van der Waals surface area contributed by atoms with Gasteiger partial charge in [0.2, 0.25) is 0 Å². The maximum atomic E-state index is 11.1. The van der Waals surface area contributed by atoms with Gasteiger partial charge in [-0.15, -0.1) is 0 Å². The highest BCUT2D eigenvalue weighted by Gasteiger charge is 2.05. The lowest BCUT2D eigenvalue weighted by molar-refractivity contribution is 0.158. The van der Waals surface area contributed by atoms with E-state index >= 15 is 0 Å². The standard InChI is InChI=1S/C11H13ClN2O2S/c1-3-16-11(15)14-10(17)13-8-5-4-7(2)9(12)6-8/h4-6H,3H2,1-2H3,(H2,13,14,15,17). The van der Waals surface area contributed by atoms with Gasteiger partial charge >= 0.3 is 6.09 Å². The van der Waals surface area contributed by atoms with Crippen LogP contribution in [0.25, 0.3) is 0 Å². The van der Waals surface area contributed by atoms with Gasteiger partial charge < -0.3 is 10.1 Å². The molecule has 0 bridgehead atoms. The summed E-state index contributed by atoms with van der Waals surface area (Å²) in [4.78, 5) is 11.1. The van der Waals surface area contributed by atoms with Crippen LogP contribution >= 0.6 is 23.8 Å². The van der Waals surface area contributed by atoms with E-state index in [2.05, 4.69) is 15.4 Å². The smallest absolute Gasteiger partial charge is 0.413 e. The van der Waals surface area contributed by atoms with E-state index in [4.69, 9.17) is 23.8 Å². The largest absolute Gasteiger partial charge is 0.450 e. The topological polar surface area (TPSA) is 50.4 Å². The van der Waals surface area contributed by atoms with E-state index in [0.29, 0.717) is 17.3 Å². The Morgan fingerprint density at radius 3 is 2.82 bits per heavy atom. The minimum absolute atomic E-state index is 0.170. The summed E-state index contributed by atoms with van der Waals surface area (Å²) in [5.74, 6) is 0. The predicted molar refractivity (Wildman–Crippen MR) is 72.6 cm³/mol. The zero-order chi connectivity index (χ0) is 12.8. The van der Waals surface area contributed by atoms with Crippen molar-refractivity contribution < 1.29 is 9.53 Å². The molecule has 1 aromatic rings. The number of benzene rings is 1. The summed E-state index contributed by atoms with van der Waals surface area (Å²) < 4.78 is 4.69. The van der Waals surface area contributed by atoms with Crippen molar-refractivity contribution in [1.82, 2.24) is 5.32 Å². The lowest BCUT2D eigenvalue weighted by atomic mass is 10.2. The van der Waals surface area contributed by atoms with Crippen LogP contribution < -0.4 is 10.6 Å². The Labute approximate surface area is 110 Å². The van der Waals surface area contributed by atoms with Gasteiger partial charge in [0.25, 0.3) is 0 Å². The van der Waals surface area contributed by atoms with Crippen LogP contribution in [0.1, 0.15) is 12.5 Å². The number of ether oxygens (including phenoxy) is 1. The second-order valence-corrected chi connectivity index (χ2v) is 4.08. The molecule has 0 atom stereocenters. The average molecular weight is 273 g/mol. The van der Waals surface area contributed by atoms with Crippen LogP contribution in [0.2, 0.25) is 5.02 Å². The lowest BCUT2D eigenvalue weighted by Gasteiger charge is -2.10. The van der Waals surface area contributed by atoms with Gasteiger partial charge in [-0.2, -0.15) is 0 Å². The zero-order valence-corrected chi connectivity index (χ0v) is 11.1. The van der Waals surface area contributed by atoms with Crippen molar-refractivity contribution in [3.05, 3.63) is 28.8 Å². The van der Waals surface area contributed by atoms with Crippen molar-refractivity contribution in [1.29, 1.82) is 0 Å². The number of carbonyl (C=O) groups is 1. The number of hydrogen-bond acceptors (Lipinski definition) is 3. The summed E-state index contributed by atoms with van der Waals surface area (Å²) in [5, 5.41) is 6.02. The number of thiocarbonyl (C=S) groups is 1. The number of hydrogen-bond donors (Lipinski definition) is 2. The first-order valence-corrected chi connectivity index (χ1v) is 5.82. The van der Waals surface area contributed by atoms with Crippen LogP contribution in [0.4, 0.5) is 10.5 Å². The molecule has 0 spiro atoms. The van der Waals surface area contributed by atoms with Crippen LogP contribution in [0, 0.1) is 6.92 Å². The van der Waals surface area contributed by atoms with Gasteiger partial charge in [-0.25, -0.2) is 4.79 Å². The molecule has 0 heterocycles. The van der Waals surface area contributed by atoms with E-state index in [1.165, 1.54) is 0 Å². The van der Waals surface area contributed by atoms with Gasteiger partial charge in [0.1, 0.15) is 0 Å². The minimum Gasteiger partial charge on any atom is -0.450 e. The van der Waals surface area contributed by atoms with Gasteiger partial charge in [-0.3, -0.25) is 5.32 Å². The second kappa shape index (κ2) is 6.42. The molecule has 4 nitrogen and oxygen atoms in total. The first kappa shape index (κ1) is 13.7. The molecule has 2 N–H and O–H groups in total. The molecule has 0 fully saturated rings. The normalized spacial score (nSPS) is 9.59. The minimum atomic E-state index is -0.580. The third-order valence-corrected chi connectivity index (χ3v) is 2.53. The predicted octanol–water partition coefficient (Wildman–Crippen LogP) is 3.09. The van der Waals surface area contributed by atoms with Crippen LogP contribution in [-0.2, 0) is 4.74 Å². The van der Waals surface area contributed by atoms with Gasteiger partial charge in [0, 0.05) is 10.7 Å². The Morgan fingerprint density at radius 1 is 1.53 bits per heavy atom. The summed E-state index contributed by atoms with van der Waals surface area (Å²) in [7, 11) is 0. The van der Waals surface area contributed by atoms with Gasteiger partial charge in [0.05, 0.1) is 6.61 Å². The number of nitrogens with one attached hydrogen (secondary N) is 2. The Balaban J connectivity index is 2.56. The Kier molecular flexibility index (Phi) is 5.18. The number of halogens is 1. The second-order valence-electron chi connectivity index (χ2n) is 3.26. The Morgan fingerprint density at radius 2 is 2.24 bits per heavy atom. The maximum absolute atomic E-state index is 11.1. The first-order chi connectivity index (χ1) is 8.02. The Bertz CT molecular complexity index is 437. The number of anilines is 1. The molecule has 0 radical (unpaired) electrons. The van der Waals surface area contributed by atoms with Crippen molar-refractivity contribution >= 4 is 40.7 Å². The van der Waals surface area contributed by atoms with Crippen LogP contribution in [0.5, 0.6) is 0 Å². The molecule has 0 aliphatic heterocycles. The van der Waals surface area contributed by atoms with E-state index in [9.17, 15) is 4.79 Å². The Hall–Kier alpha value is -1.33. The molecule has 92 valence electrons. The molecule has 0 unspecified atom stereocenters.